The zero-order valence-corrected chi connectivity index (χ0v) is 14.8. The summed E-state index contributed by atoms with van der Waals surface area (Å²) in [5.41, 5.74) is 0.632. The summed E-state index contributed by atoms with van der Waals surface area (Å²) in [4.78, 5) is 18.3. The van der Waals surface area contributed by atoms with Gasteiger partial charge in [0.15, 0.2) is 0 Å². The van der Waals surface area contributed by atoms with E-state index in [4.69, 9.17) is 4.74 Å². The SMILES string of the molecule is CCC.CCCCCOc1ccc(C(=O)N2CCNCC2)cn1. The van der Waals surface area contributed by atoms with E-state index in [0.717, 1.165) is 32.6 Å². The molecule has 2 rings (SSSR count). The van der Waals surface area contributed by atoms with E-state index in [1.165, 1.54) is 19.3 Å². The largest absolute Gasteiger partial charge is 0.478 e. The van der Waals surface area contributed by atoms with Crippen LogP contribution in [0.25, 0.3) is 0 Å². The van der Waals surface area contributed by atoms with E-state index in [1.54, 1.807) is 18.3 Å². The third kappa shape index (κ3) is 7.46. The summed E-state index contributed by atoms with van der Waals surface area (Å²) in [6.07, 6.45) is 6.24. The second-order valence-electron chi connectivity index (χ2n) is 5.69. The maximum Gasteiger partial charge on any atom is 0.255 e. The van der Waals surface area contributed by atoms with Crippen LogP contribution in [-0.2, 0) is 0 Å². The number of nitrogens with one attached hydrogen (secondary N) is 1. The molecule has 1 saturated heterocycles. The first-order valence-electron chi connectivity index (χ1n) is 8.81. The van der Waals surface area contributed by atoms with E-state index in [2.05, 4.69) is 31.1 Å². The summed E-state index contributed by atoms with van der Waals surface area (Å²) in [5, 5.41) is 3.23. The Labute approximate surface area is 140 Å². The van der Waals surface area contributed by atoms with E-state index >= 15 is 0 Å². The molecule has 5 heteroatoms. The Morgan fingerprint density at radius 3 is 2.48 bits per heavy atom. The standard InChI is InChI=1S/C15H23N3O2.C3H8/c1-2-3-4-11-20-14-6-5-13(12-17-14)15(19)18-9-7-16-8-10-18;1-3-2/h5-6,12,16H,2-4,7-11H2,1H3;3H2,1-2H3. The van der Waals surface area contributed by atoms with Gasteiger partial charge in [0.1, 0.15) is 0 Å². The molecule has 2 heterocycles. The Balaban J connectivity index is 0.000000816. The predicted octanol–water partition coefficient (Wildman–Crippen LogP) is 3.11. The number of carbonyl (C=O) groups excluding carboxylic acids is 1. The number of carbonyl (C=O) groups is 1. The topological polar surface area (TPSA) is 54.5 Å². The van der Waals surface area contributed by atoms with Crippen LogP contribution in [0.2, 0.25) is 0 Å². The van der Waals surface area contributed by atoms with Gasteiger partial charge in [-0.1, -0.05) is 40.0 Å². The molecule has 130 valence electrons. The number of piperazine rings is 1. The molecule has 0 atom stereocenters. The molecule has 1 aliphatic heterocycles. The molecule has 0 saturated carbocycles. The molecule has 1 aromatic heterocycles. The highest BCUT2D eigenvalue weighted by atomic mass is 16.5. The van der Waals surface area contributed by atoms with Crippen LogP contribution in [0.3, 0.4) is 0 Å². The van der Waals surface area contributed by atoms with Crippen LogP contribution in [-0.4, -0.2) is 48.6 Å². The molecule has 1 fully saturated rings. The van der Waals surface area contributed by atoms with Gasteiger partial charge in [-0.15, -0.1) is 0 Å². The van der Waals surface area contributed by atoms with E-state index in [0.29, 0.717) is 18.1 Å². The molecule has 1 aliphatic rings. The number of amides is 1. The summed E-state index contributed by atoms with van der Waals surface area (Å²) < 4.78 is 5.54. The van der Waals surface area contributed by atoms with Gasteiger partial charge in [-0.25, -0.2) is 4.98 Å². The minimum absolute atomic E-state index is 0.0523. The monoisotopic (exact) mass is 321 g/mol. The third-order valence-corrected chi connectivity index (χ3v) is 3.39. The highest BCUT2D eigenvalue weighted by Gasteiger charge is 2.18. The smallest absolute Gasteiger partial charge is 0.255 e. The lowest BCUT2D eigenvalue weighted by atomic mass is 10.2. The number of aromatic nitrogens is 1. The van der Waals surface area contributed by atoms with Crippen molar-refractivity contribution in [2.75, 3.05) is 32.8 Å². The van der Waals surface area contributed by atoms with Gasteiger partial charge in [0.05, 0.1) is 12.2 Å². The number of nitrogens with zero attached hydrogens (tertiary/aromatic N) is 2. The number of hydrogen-bond acceptors (Lipinski definition) is 4. The Hall–Kier alpha value is -1.62. The fraction of sp³-hybridized carbons (Fsp3) is 0.667. The molecular formula is C18H31N3O2. The summed E-state index contributed by atoms with van der Waals surface area (Å²) in [6.45, 7) is 10.3. The van der Waals surface area contributed by atoms with Crippen molar-refractivity contribution in [3.63, 3.8) is 0 Å². The number of rotatable bonds is 6. The third-order valence-electron chi connectivity index (χ3n) is 3.39. The van der Waals surface area contributed by atoms with Gasteiger partial charge < -0.3 is 15.0 Å². The van der Waals surface area contributed by atoms with Crippen LogP contribution >= 0.6 is 0 Å². The number of ether oxygens (including phenoxy) is 1. The molecule has 0 aromatic carbocycles. The molecule has 0 aliphatic carbocycles. The van der Waals surface area contributed by atoms with E-state index in [9.17, 15) is 4.79 Å². The molecule has 23 heavy (non-hydrogen) atoms. The van der Waals surface area contributed by atoms with E-state index in [1.807, 2.05) is 4.90 Å². The fourth-order valence-corrected chi connectivity index (χ4v) is 2.17. The van der Waals surface area contributed by atoms with E-state index in [-0.39, 0.29) is 5.91 Å². The zero-order chi connectivity index (χ0) is 16.9. The summed E-state index contributed by atoms with van der Waals surface area (Å²) in [6, 6.07) is 3.58. The Bertz CT molecular complexity index is 428. The van der Waals surface area contributed by atoms with Crippen molar-refractivity contribution >= 4 is 5.91 Å². The van der Waals surface area contributed by atoms with Crippen LogP contribution < -0.4 is 10.1 Å². The molecule has 0 bridgehead atoms. The van der Waals surface area contributed by atoms with Crippen molar-refractivity contribution in [1.29, 1.82) is 0 Å². The normalized spacial score (nSPS) is 14.0. The maximum absolute atomic E-state index is 12.2. The quantitative estimate of drug-likeness (QED) is 0.818. The molecular weight excluding hydrogens is 290 g/mol. The average molecular weight is 321 g/mol. The second kappa shape index (κ2) is 11.9. The molecule has 0 unspecified atom stereocenters. The summed E-state index contributed by atoms with van der Waals surface area (Å²) in [5.74, 6) is 0.648. The van der Waals surface area contributed by atoms with Crippen molar-refractivity contribution in [2.45, 2.75) is 46.5 Å². The van der Waals surface area contributed by atoms with Crippen molar-refractivity contribution in [3.8, 4) is 5.88 Å². The van der Waals surface area contributed by atoms with Gasteiger partial charge >= 0.3 is 0 Å². The Morgan fingerprint density at radius 2 is 1.91 bits per heavy atom. The maximum atomic E-state index is 12.2. The van der Waals surface area contributed by atoms with Gasteiger partial charge in [0.2, 0.25) is 5.88 Å². The molecule has 5 nitrogen and oxygen atoms in total. The van der Waals surface area contributed by atoms with E-state index < -0.39 is 0 Å². The summed E-state index contributed by atoms with van der Waals surface area (Å²) in [7, 11) is 0. The second-order valence-corrected chi connectivity index (χ2v) is 5.69. The first kappa shape index (κ1) is 19.4. The average Bonchev–Trinajstić information content (AvgIpc) is 2.60. The fourth-order valence-electron chi connectivity index (χ4n) is 2.17. The number of unbranched alkanes of at least 4 members (excludes halogenated alkanes) is 2. The highest BCUT2D eigenvalue weighted by Crippen LogP contribution is 2.11. The summed E-state index contributed by atoms with van der Waals surface area (Å²) >= 11 is 0. The molecule has 1 N–H and O–H groups in total. The van der Waals surface area contributed by atoms with Crippen LogP contribution in [0.1, 0.15) is 56.8 Å². The Kier molecular flexibility index (Phi) is 10.0. The minimum Gasteiger partial charge on any atom is -0.478 e. The lowest BCUT2D eigenvalue weighted by molar-refractivity contribution is 0.0735. The first-order valence-corrected chi connectivity index (χ1v) is 8.81. The number of pyridine rings is 1. The van der Waals surface area contributed by atoms with Crippen LogP contribution in [0, 0.1) is 0 Å². The molecule has 1 aromatic rings. The lowest BCUT2D eigenvalue weighted by Crippen LogP contribution is -2.46. The minimum atomic E-state index is 0.0523. The van der Waals surface area contributed by atoms with Crippen LogP contribution in [0.15, 0.2) is 18.3 Å². The van der Waals surface area contributed by atoms with Gasteiger partial charge in [-0.3, -0.25) is 4.79 Å². The molecule has 0 radical (unpaired) electrons. The van der Waals surface area contributed by atoms with Crippen LogP contribution in [0.4, 0.5) is 0 Å². The highest BCUT2D eigenvalue weighted by molar-refractivity contribution is 5.94. The van der Waals surface area contributed by atoms with Crippen molar-refractivity contribution in [2.24, 2.45) is 0 Å². The first-order chi connectivity index (χ1) is 11.2. The van der Waals surface area contributed by atoms with Gasteiger partial charge in [0, 0.05) is 38.4 Å². The van der Waals surface area contributed by atoms with Crippen molar-refractivity contribution in [3.05, 3.63) is 23.9 Å². The van der Waals surface area contributed by atoms with Crippen molar-refractivity contribution in [1.82, 2.24) is 15.2 Å². The lowest BCUT2D eigenvalue weighted by Gasteiger charge is -2.27. The Morgan fingerprint density at radius 1 is 1.22 bits per heavy atom. The molecule has 0 spiro atoms. The number of hydrogen-bond donors (Lipinski definition) is 1. The molecule has 1 amide bonds. The van der Waals surface area contributed by atoms with Gasteiger partial charge in [-0.2, -0.15) is 0 Å². The van der Waals surface area contributed by atoms with Gasteiger partial charge in [0.25, 0.3) is 5.91 Å². The van der Waals surface area contributed by atoms with Gasteiger partial charge in [-0.05, 0) is 12.5 Å². The van der Waals surface area contributed by atoms with Crippen molar-refractivity contribution < 1.29 is 9.53 Å². The zero-order valence-electron chi connectivity index (χ0n) is 14.8. The predicted molar refractivity (Wildman–Crippen MR) is 94.0 cm³/mol. The van der Waals surface area contributed by atoms with Crippen LogP contribution in [0.5, 0.6) is 5.88 Å².